The van der Waals surface area contributed by atoms with E-state index < -0.39 is 23.5 Å². The Balaban J connectivity index is 1.66. The van der Waals surface area contributed by atoms with E-state index in [9.17, 15) is 22.4 Å². The average Bonchev–Trinajstić information content (AvgIpc) is 3.44. The van der Waals surface area contributed by atoms with Gasteiger partial charge in [-0.1, -0.05) is 36.4 Å². The largest absolute Gasteiger partial charge is 0.494 e. The minimum absolute atomic E-state index is 0.00270. The summed E-state index contributed by atoms with van der Waals surface area (Å²) in [5.74, 6) is 0.0685. The second kappa shape index (κ2) is 9.28. The van der Waals surface area contributed by atoms with Gasteiger partial charge in [0.05, 0.1) is 36.0 Å². The van der Waals surface area contributed by atoms with Crippen LogP contribution in [0.15, 0.2) is 65.5 Å². The Morgan fingerprint density at radius 2 is 1.76 bits per heavy atom. The molecule has 5 rings (SSSR count). The molecule has 0 spiro atoms. The zero-order valence-corrected chi connectivity index (χ0v) is 20.7. The van der Waals surface area contributed by atoms with Gasteiger partial charge in [0.2, 0.25) is 0 Å². The number of hydrogen-bond donors (Lipinski definition) is 0. The lowest BCUT2D eigenvalue weighted by Gasteiger charge is -2.22. The SMILES string of the molecule is COc1cccc2c1n([C@@H](C)c1ccccc1C(F)(F)F)c(=O)n2C1CCN(c2c(C)cccc2F)C1. The fourth-order valence-electron chi connectivity index (χ4n) is 5.58. The lowest BCUT2D eigenvalue weighted by Crippen LogP contribution is -2.31. The number of aryl methyl sites for hydroxylation is 1. The first-order valence-corrected chi connectivity index (χ1v) is 12.1. The van der Waals surface area contributed by atoms with Crippen LogP contribution in [0.4, 0.5) is 23.2 Å². The van der Waals surface area contributed by atoms with Crippen molar-refractivity contribution in [2.45, 2.75) is 38.5 Å². The molecule has 1 saturated heterocycles. The molecule has 194 valence electrons. The predicted molar refractivity (Wildman–Crippen MR) is 135 cm³/mol. The Morgan fingerprint density at radius 3 is 2.46 bits per heavy atom. The molecule has 0 radical (unpaired) electrons. The molecule has 1 aliphatic heterocycles. The van der Waals surface area contributed by atoms with Gasteiger partial charge in [-0.25, -0.2) is 9.18 Å². The Kier molecular flexibility index (Phi) is 6.25. The van der Waals surface area contributed by atoms with Gasteiger partial charge in [-0.2, -0.15) is 13.2 Å². The number of anilines is 1. The summed E-state index contributed by atoms with van der Waals surface area (Å²) in [5.41, 5.74) is 1.09. The average molecular weight is 514 g/mol. The van der Waals surface area contributed by atoms with Crippen molar-refractivity contribution in [2.75, 3.05) is 25.1 Å². The number of imidazole rings is 1. The maximum absolute atomic E-state index is 14.7. The van der Waals surface area contributed by atoms with Gasteiger partial charge in [-0.15, -0.1) is 0 Å². The number of fused-ring (bicyclic) bond motifs is 1. The van der Waals surface area contributed by atoms with Crippen LogP contribution in [0, 0.1) is 12.7 Å². The summed E-state index contributed by atoms with van der Waals surface area (Å²) in [6.07, 6.45) is -3.99. The van der Waals surface area contributed by atoms with Crippen LogP contribution in [0.2, 0.25) is 0 Å². The number of methoxy groups -OCH3 is 1. The van der Waals surface area contributed by atoms with Crippen LogP contribution in [0.25, 0.3) is 11.0 Å². The van der Waals surface area contributed by atoms with Crippen LogP contribution in [-0.4, -0.2) is 29.3 Å². The molecule has 1 unspecified atom stereocenters. The number of para-hydroxylation sites is 2. The van der Waals surface area contributed by atoms with Crippen LogP contribution in [0.3, 0.4) is 0 Å². The standard InChI is InChI=1S/C28H27F4N3O2/c1-17-8-6-11-22(29)25(17)33-15-14-19(16-33)35-23-12-7-13-24(37-3)26(23)34(27(35)36)18(2)20-9-4-5-10-21(20)28(30,31)32/h4-13,18-19H,14-16H2,1-3H3/t18-,19?/m0/s1. The summed E-state index contributed by atoms with van der Waals surface area (Å²) in [7, 11) is 1.47. The molecular weight excluding hydrogens is 486 g/mol. The molecule has 0 amide bonds. The number of aromatic nitrogens is 2. The highest BCUT2D eigenvalue weighted by Gasteiger charge is 2.36. The van der Waals surface area contributed by atoms with Crippen LogP contribution < -0.4 is 15.3 Å². The lowest BCUT2D eigenvalue weighted by molar-refractivity contribution is -0.138. The first-order chi connectivity index (χ1) is 17.6. The van der Waals surface area contributed by atoms with Crippen molar-refractivity contribution in [3.05, 3.63) is 93.7 Å². The van der Waals surface area contributed by atoms with Crippen LogP contribution in [0.5, 0.6) is 5.75 Å². The molecule has 2 heterocycles. The first kappa shape index (κ1) is 24.9. The highest BCUT2D eigenvalue weighted by Crippen LogP contribution is 2.39. The maximum atomic E-state index is 14.7. The number of nitrogens with zero attached hydrogens (tertiary/aromatic N) is 3. The quantitative estimate of drug-likeness (QED) is 0.293. The number of benzene rings is 3. The molecule has 0 saturated carbocycles. The first-order valence-electron chi connectivity index (χ1n) is 12.1. The zero-order valence-electron chi connectivity index (χ0n) is 20.7. The molecule has 1 aliphatic rings. The molecule has 37 heavy (non-hydrogen) atoms. The number of alkyl halides is 3. The predicted octanol–water partition coefficient (Wildman–Crippen LogP) is 6.34. The van der Waals surface area contributed by atoms with Gasteiger partial charge in [0.1, 0.15) is 17.1 Å². The number of rotatable bonds is 5. The molecule has 3 aromatic carbocycles. The van der Waals surface area contributed by atoms with Gasteiger partial charge >= 0.3 is 11.9 Å². The Labute approximate surface area is 211 Å². The molecule has 0 aliphatic carbocycles. The van der Waals surface area contributed by atoms with Gasteiger partial charge in [-0.3, -0.25) is 9.13 Å². The number of halogens is 4. The molecule has 1 aromatic heterocycles. The normalized spacial score (nSPS) is 16.9. The van der Waals surface area contributed by atoms with E-state index in [1.165, 1.54) is 35.9 Å². The molecule has 5 nitrogen and oxygen atoms in total. The van der Waals surface area contributed by atoms with Crippen molar-refractivity contribution >= 4 is 16.7 Å². The van der Waals surface area contributed by atoms with Gasteiger partial charge in [0, 0.05) is 13.1 Å². The van der Waals surface area contributed by atoms with Crippen molar-refractivity contribution in [1.29, 1.82) is 0 Å². The molecule has 9 heteroatoms. The summed E-state index contributed by atoms with van der Waals surface area (Å²) in [6, 6.07) is 14.2. The van der Waals surface area contributed by atoms with Crippen LogP contribution in [-0.2, 0) is 6.18 Å². The van der Waals surface area contributed by atoms with Crippen molar-refractivity contribution in [3.8, 4) is 5.75 Å². The van der Waals surface area contributed by atoms with Crippen molar-refractivity contribution < 1.29 is 22.3 Å². The van der Waals surface area contributed by atoms with Crippen molar-refractivity contribution in [3.63, 3.8) is 0 Å². The third-order valence-corrected chi connectivity index (χ3v) is 7.25. The van der Waals surface area contributed by atoms with E-state index in [1.54, 1.807) is 35.8 Å². The topological polar surface area (TPSA) is 39.4 Å². The van der Waals surface area contributed by atoms with E-state index in [-0.39, 0.29) is 17.4 Å². The molecule has 1 fully saturated rings. The van der Waals surface area contributed by atoms with E-state index in [2.05, 4.69) is 0 Å². The van der Waals surface area contributed by atoms with E-state index in [0.29, 0.717) is 42.0 Å². The fourth-order valence-corrected chi connectivity index (χ4v) is 5.58. The van der Waals surface area contributed by atoms with E-state index in [1.807, 2.05) is 17.9 Å². The second-order valence-electron chi connectivity index (χ2n) is 9.41. The third-order valence-electron chi connectivity index (χ3n) is 7.25. The summed E-state index contributed by atoms with van der Waals surface area (Å²) >= 11 is 0. The van der Waals surface area contributed by atoms with Gasteiger partial charge < -0.3 is 9.64 Å². The third kappa shape index (κ3) is 4.16. The summed E-state index contributed by atoms with van der Waals surface area (Å²) in [4.78, 5) is 15.9. The van der Waals surface area contributed by atoms with Gasteiger partial charge in [0.15, 0.2) is 0 Å². The summed E-state index contributed by atoms with van der Waals surface area (Å²) in [5, 5.41) is 0. The Morgan fingerprint density at radius 1 is 1.03 bits per heavy atom. The van der Waals surface area contributed by atoms with E-state index >= 15 is 0 Å². The smallest absolute Gasteiger partial charge is 0.416 e. The number of hydrogen-bond acceptors (Lipinski definition) is 3. The monoisotopic (exact) mass is 513 g/mol. The maximum Gasteiger partial charge on any atom is 0.416 e. The second-order valence-corrected chi connectivity index (χ2v) is 9.41. The Hall–Kier alpha value is -3.75. The van der Waals surface area contributed by atoms with Crippen molar-refractivity contribution in [2.24, 2.45) is 0 Å². The van der Waals surface area contributed by atoms with Gasteiger partial charge in [0.25, 0.3) is 0 Å². The van der Waals surface area contributed by atoms with Gasteiger partial charge in [-0.05, 0) is 55.7 Å². The van der Waals surface area contributed by atoms with Crippen molar-refractivity contribution in [1.82, 2.24) is 9.13 Å². The number of ether oxygens (including phenoxy) is 1. The Bertz CT molecular complexity index is 1500. The zero-order chi connectivity index (χ0) is 26.5. The molecule has 0 N–H and O–H groups in total. The molecular formula is C28H27F4N3O2. The van der Waals surface area contributed by atoms with E-state index in [0.717, 1.165) is 11.6 Å². The summed E-state index contributed by atoms with van der Waals surface area (Å²) in [6.45, 7) is 4.37. The molecule has 4 aromatic rings. The minimum Gasteiger partial charge on any atom is -0.494 e. The van der Waals surface area contributed by atoms with E-state index in [4.69, 9.17) is 4.74 Å². The van der Waals surface area contributed by atoms with Crippen LogP contribution >= 0.6 is 0 Å². The minimum atomic E-state index is -4.57. The summed E-state index contributed by atoms with van der Waals surface area (Å²) < 4.78 is 64.8. The highest BCUT2D eigenvalue weighted by molar-refractivity contribution is 5.83. The molecule has 2 atom stereocenters. The highest BCUT2D eigenvalue weighted by atomic mass is 19.4. The lowest BCUT2D eigenvalue weighted by atomic mass is 10.0. The van der Waals surface area contributed by atoms with Crippen LogP contribution in [0.1, 0.15) is 42.1 Å². The molecule has 0 bridgehead atoms. The fraction of sp³-hybridized carbons (Fsp3) is 0.321.